The van der Waals surface area contributed by atoms with E-state index >= 15 is 0 Å². The van der Waals surface area contributed by atoms with Gasteiger partial charge in [0.2, 0.25) is 0 Å². The van der Waals surface area contributed by atoms with Crippen LogP contribution in [0.15, 0.2) is 122 Å². The molecule has 0 aliphatic rings. The SMILES string of the molecule is CC/C=C\C/C=C\C/C=C\C/C=C\C/C=C\C/C=C\C/C=C\CCCCCCCC(=O)OCC(COC(=O)CCCCC/C=C\C/C=C\C/C=C\CC)OC(=O)CCCCCCCCCCCCCCCCCCCC. The summed E-state index contributed by atoms with van der Waals surface area (Å²) in [7, 11) is 0. The van der Waals surface area contributed by atoms with Crippen molar-refractivity contribution in [1.29, 1.82) is 0 Å². The summed E-state index contributed by atoms with van der Waals surface area (Å²) < 4.78 is 16.9. The first-order valence-electron chi connectivity index (χ1n) is 31.5. The van der Waals surface area contributed by atoms with Crippen molar-refractivity contribution in [3.63, 3.8) is 0 Å². The van der Waals surface area contributed by atoms with Gasteiger partial charge >= 0.3 is 17.9 Å². The lowest BCUT2D eigenvalue weighted by molar-refractivity contribution is -0.167. The normalized spacial score (nSPS) is 12.9. The van der Waals surface area contributed by atoms with E-state index in [1.807, 2.05) is 0 Å². The Bertz CT molecular complexity index is 1590. The van der Waals surface area contributed by atoms with Crippen LogP contribution in [0, 0.1) is 0 Å². The highest BCUT2D eigenvalue weighted by Crippen LogP contribution is 2.16. The lowest BCUT2D eigenvalue weighted by atomic mass is 10.0. The highest BCUT2D eigenvalue weighted by Gasteiger charge is 2.19. The zero-order valence-electron chi connectivity index (χ0n) is 49.5. The second kappa shape index (κ2) is 63.3. The molecule has 432 valence electrons. The molecule has 6 heteroatoms. The van der Waals surface area contributed by atoms with E-state index in [0.29, 0.717) is 19.3 Å². The molecule has 0 heterocycles. The maximum atomic E-state index is 12.9. The van der Waals surface area contributed by atoms with Gasteiger partial charge in [0.15, 0.2) is 6.10 Å². The number of hydrogen-bond donors (Lipinski definition) is 0. The Hall–Kier alpha value is -4.19. The lowest BCUT2D eigenvalue weighted by Crippen LogP contribution is -2.30. The Morgan fingerprint density at radius 2 is 0.513 bits per heavy atom. The summed E-state index contributed by atoms with van der Waals surface area (Å²) in [5.41, 5.74) is 0. The molecule has 0 rings (SSSR count). The van der Waals surface area contributed by atoms with E-state index in [-0.39, 0.29) is 31.1 Å². The van der Waals surface area contributed by atoms with Gasteiger partial charge in [0, 0.05) is 19.3 Å². The van der Waals surface area contributed by atoms with Gasteiger partial charge in [-0.15, -0.1) is 0 Å². The minimum Gasteiger partial charge on any atom is -0.462 e. The van der Waals surface area contributed by atoms with Gasteiger partial charge in [-0.25, -0.2) is 0 Å². The average Bonchev–Trinajstić information content (AvgIpc) is 3.42. The molecule has 0 radical (unpaired) electrons. The van der Waals surface area contributed by atoms with Crippen LogP contribution in [0.3, 0.4) is 0 Å². The van der Waals surface area contributed by atoms with Gasteiger partial charge in [-0.2, -0.15) is 0 Å². The summed E-state index contributed by atoms with van der Waals surface area (Å²) in [5, 5.41) is 0. The number of rotatable bonds is 56. The maximum Gasteiger partial charge on any atom is 0.306 e. The molecule has 6 nitrogen and oxygen atoms in total. The summed E-state index contributed by atoms with van der Waals surface area (Å²) >= 11 is 0. The van der Waals surface area contributed by atoms with Crippen LogP contribution in [0.5, 0.6) is 0 Å². The first kappa shape index (κ1) is 71.8. The number of carbonyl (C=O) groups excluding carboxylic acids is 3. The molecule has 0 saturated carbocycles. The summed E-state index contributed by atoms with van der Waals surface area (Å²) in [6.45, 7) is 6.39. The molecule has 0 aromatic heterocycles. The molecule has 0 saturated heterocycles. The first-order valence-corrected chi connectivity index (χ1v) is 31.5. The summed E-state index contributed by atoms with van der Waals surface area (Å²) in [6.07, 6.45) is 87.8. The lowest BCUT2D eigenvalue weighted by Gasteiger charge is -2.18. The monoisotopic (exact) mass is 1050 g/mol. The predicted octanol–water partition coefficient (Wildman–Crippen LogP) is 21.6. The van der Waals surface area contributed by atoms with Crippen molar-refractivity contribution in [2.75, 3.05) is 13.2 Å². The van der Waals surface area contributed by atoms with Gasteiger partial charge in [0.25, 0.3) is 0 Å². The second-order valence-corrected chi connectivity index (χ2v) is 20.6. The van der Waals surface area contributed by atoms with E-state index in [2.05, 4.69) is 142 Å². The van der Waals surface area contributed by atoms with Crippen molar-refractivity contribution in [2.24, 2.45) is 0 Å². The fourth-order valence-electron chi connectivity index (χ4n) is 8.56. The van der Waals surface area contributed by atoms with Crippen LogP contribution in [-0.4, -0.2) is 37.2 Å². The fourth-order valence-corrected chi connectivity index (χ4v) is 8.56. The van der Waals surface area contributed by atoms with Crippen molar-refractivity contribution >= 4 is 17.9 Å². The molecule has 1 unspecified atom stereocenters. The van der Waals surface area contributed by atoms with Gasteiger partial charge in [0.05, 0.1) is 0 Å². The largest absolute Gasteiger partial charge is 0.462 e. The van der Waals surface area contributed by atoms with E-state index in [0.717, 1.165) is 148 Å². The minimum atomic E-state index is -0.801. The third kappa shape index (κ3) is 60.7. The predicted molar refractivity (Wildman–Crippen MR) is 330 cm³/mol. The van der Waals surface area contributed by atoms with Gasteiger partial charge in [-0.05, 0) is 109 Å². The Morgan fingerprint density at radius 1 is 0.276 bits per heavy atom. The molecule has 0 aliphatic carbocycles. The fraction of sp³-hybridized carbons (Fsp3) is 0.671. The topological polar surface area (TPSA) is 78.9 Å². The van der Waals surface area contributed by atoms with Gasteiger partial charge in [0.1, 0.15) is 13.2 Å². The highest BCUT2D eigenvalue weighted by atomic mass is 16.6. The van der Waals surface area contributed by atoms with E-state index in [9.17, 15) is 14.4 Å². The van der Waals surface area contributed by atoms with Crippen LogP contribution in [0.25, 0.3) is 0 Å². The first-order chi connectivity index (χ1) is 37.5. The summed E-state index contributed by atoms with van der Waals surface area (Å²) in [6, 6.07) is 0. The molecule has 1 atom stereocenters. The van der Waals surface area contributed by atoms with E-state index in [1.54, 1.807) is 0 Å². The zero-order valence-corrected chi connectivity index (χ0v) is 49.5. The molecule has 0 fully saturated rings. The number of ether oxygens (including phenoxy) is 3. The molecule has 0 aromatic carbocycles. The van der Waals surface area contributed by atoms with Crippen LogP contribution in [0.2, 0.25) is 0 Å². The number of allylic oxidation sites excluding steroid dienone is 20. The third-order valence-electron chi connectivity index (χ3n) is 13.2. The van der Waals surface area contributed by atoms with E-state index in [4.69, 9.17) is 14.2 Å². The third-order valence-corrected chi connectivity index (χ3v) is 13.2. The van der Waals surface area contributed by atoms with Gasteiger partial charge in [-0.3, -0.25) is 14.4 Å². The van der Waals surface area contributed by atoms with Crippen LogP contribution >= 0.6 is 0 Å². The van der Waals surface area contributed by atoms with Crippen molar-refractivity contribution in [1.82, 2.24) is 0 Å². The Morgan fingerprint density at radius 3 is 0.816 bits per heavy atom. The molecule has 0 amide bonds. The second-order valence-electron chi connectivity index (χ2n) is 20.6. The molecule has 0 aliphatic heterocycles. The number of unbranched alkanes of at least 4 members (excludes halogenated alkanes) is 25. The minimum absolute atomic E-state index is 0.0984. The summed E-state index contributed by atoms with van der Waals surface area (Å²) in [5.74, 6) is -0.939. The Labute approximate surface area is 469 Å². The standard InChI is InChI=1S/C70H116O6/c1-4-7-10-13-16-19-22-25-27-29-31-32-33-34-35-36-37-38-39-41-42-45-48-51-54-57-60-63-69(72)75-66-67(65-74-68(71)62-59-56-53-50-47-44-24-21-18-15-12-9-6-3)76-70(73)64-61-58-55-52-49-46-43-40-30-28-26-23-20-17-14-11-8-5-2/h7,9-10,12,16,18-19,21,25,27,31-32,34-35,37-38,41-42,44,47,67H,4-6,8,11,13-15,17,20,22-24,26,28-30,33,36,39-40,43,45-46,48-66H2,1-3H3/b10-7-,12-9-,19-16-,21-18-,27-25-,32-31-,35-34-,38-37-,42-41-,47-44-. The maximum absolute atomic E-state index is 12.9. The number of esters is 3. The van der Waals surface area contributed by atoms with Crippen molar-refractivity contribution in [2.45, 2.75) is 290 Å². The average molecular weight is 1050 g/mol. The smallest absolute Gasteiger partial charge is 0.306 e. The van der Waals surface area contributed by atoms with Crippen LogP contribution in [-0.2, 0) is 28.6 Å². The molecule has 0 spiro atoms. The van der Waals surface area contributed by atoms with E-state index in [1.165, 1.54) is 96.3 Å². The van der Waals surface area contributed by atoms with Crippen molar-refractivity contribution < 1.29 is 28.6 Å². The highest BCUT2D eigenvalue weighted by molar-refractivity contribution is 5.71. The zero-order chi connectivity index (χ0) is 55.0. The van der Waals surface area contributed by atoms with E-state index < -0.39 is 6.10 Å². The molecule has 0 N–H and O–H groups in total. The Kier molecular flexibility index (Phi) is 59.9. The van der Waals surface area contributed by atoms with Crippen LogP contribution < -0.4 is 0 Å². The van der Waals surface area contributed by atoms with Crippen LogP contribution in [0.1, 0.15) is 284 Å². The Balaban J connectivity index is 4.39. The van der Waals surface area contributed by atoms with Crippen molar-refractivity contribution in [3.8, 4) is 0 Å². The molecule has 76 heavy (non-hydrogen) atoms. The summed E-state index contributed by atoms with van der Waals surface area (Å²) in [4.78, 5) is 38.3. The van der Waals surface area contributed by atoms with Crippen molar-refractivity contribution in [3.05, 3.63) is 122 Å². The number of hydrogen-bond acceptors (Lipinski definition) is 6. The molecule has 0 bridgehead atoms. The van der Waals surface area contributed by atoms with Gasteiger partial charge < -0.3 is 14.2 Å². The molecule has 0 aromatic rings. The number of carbonyl (C=O) groups is 3. The molecular weight excluding hydrogens is 937 g/mol. The molecular formula is C70H116O6. The van der Waals surface area contributed by atoms with Crippen LogP contribution in [0.4, 0.5) is 0 Å². The van der Waals surface area contributed by atoms with Gasteiger partial charge in [-0.1, -0.05) is 277 Å². The quantitative estimate of drug-likeness (QED) is 0.0261.